The summed E-state index contributed by atoms with van der Waals surface area (Å²) in [5.74, 6) is 0.930. The molecule has 1 fully saturated rings. The zero-order valence-electron chi connectivity index (χ0n) is 11.5. The van der Waals surface area contributed by atoms with Gasteiger partial charge in [0.05, 0.1) is 6.04 Å². The summed E-state index contributed by atoms with van der Waals surface area (Å²) in [5, 5.41) is 6.56. The van der Waals surface area contributed by atoms with Crippen LogP contribution in [0.15, 0.2) is 24.3 Å². The highest BCUT2D eigenvalue weighted by Crippen LogP contribution is 2.25. The smallest absolute Gasteiger partial charge is 0.237 e. The minimum atomic E-state index is -0.0641. The maximum Gasteiger partial charge on any atom is 0.237 e. The highest BCUT2D eigenvalue weighted by Gasteiger charge is 2.28. The van der Waals surface area contributed by atoms with Crippen LogP contribution >= 0.6 is 0 Å². The highest BCUT2D eigenvalue weighted by atomic mass is 16.2. The molecular formula is C16H22N2O. The van der Waals surface area contributed by atoms with Crippen LogP contribution in [0.4, 0.5) is 0 Å². The molecule has 102 valence electrons. The lowest BCUT2D eigenvalue weighted by Gasteiger charge is -2.26. The van der Waals surface area contributed by atoms with Crippen molar-refractivity contribution in [2.45, 2.75) is 51.2 Å². The summed E-state index contributed by atoms with van der Waals surface area (Å²) in [5.41, 5.74) is 2.63. The van der Waals surface area contributed by atoms with Crippen LogP contribution in [0.5, 0.6) is 0 Å². The normalized spacial score (nSPS) is 29.8. The fraction of sp³-hybridized carbons (Fsp3) is 0.562. The van der Waals surface area contributed by atoms with Gasteiger partial charge >= 0.3 is 0 Å². The lowest BCUT2D eigenvalue weighted by Crippen LogP contribution is -2.50. The average Bonchev–Trinajstić information content (AvgIpc) is 2.83. The van der Waals surface area contributed by atoms with E-state index in [1.54, 1.807) is 0 Å². The lowest BCUT2D eigenvalue weighted by molar-refractivity contribution is -0.124. The van der Waals surface area contributed by atoms with E-state index in [0.717, 1.165) is 31.7 Å². The monoisotopic (exact) mass is 258 g/mol. The standard InChI is InChI=1S/C16H22N2O/c1-11-6-7-14(8-11)18-16(19)15-9-12-4-2-3-5-13(12)10-17-15/h2-5,11,14-15,17H,6-10H2,1H3,(H,18,19)/t11?,14?,15-/m1/s1. The van der Waals surface area contributed by atoms with Gasteiger partial charge in [0, 0.05) is 12.6 Å². The Hall–Kier alpha value is -1.35. The van der Waals surface area contributed by atoms with E-state index in [-0.39, 0.29) is 11.9 Å². The van der Waals surface area contributed by atoms with E-state index in [0.29, 0.717) is 6.04 Å². The molecule has 0 radical (unpaired) electrons. The molecule has 2 aliphatic rings. The maximum atomic E-state index is 12.3. The van der Waals surface area contributed by atoms with Gasteiger partial charge in [-0.05, 0) is 42.7 Å². The summed E-state index contributed by atoms with van der Waals surface area (Å²) >= 11 is 0. The maximum absolute atomic E-state index is 12.3. The Bertz CT molecular complexity index is 472. The van der Waals surface area contributed by atoms with Crippen molar-refractivity contribution in [1.82, 2.24) is 10.6 Å². The molecule has 1 aromatic rings. The van der Waals surface area contributed by atoms with Crippen molar-refractivity contribution in [3.05, 3.63) is 35.4 Å². The largest absolute Gasteiger partial charge is 0.352 e. The molecule has 1 saturated carbocycles. The highest BCUT2D eigenvalue weighted by molar-refractivity contribution is 5.82. The molecule has 1 aromatic carbocycles. The number of benzene rings is 1. The number of hydrogen-bond acceptors (Lipinski definition) is 2. The molecule has 0 aromatic heterocycles. The number of rotatable bonds is 2. The summed E-state index contributed by atoms with van der Waals surface area (Å²) < 4.78 is 0. The predicted octanol–water partition coefficient (Wildman–Crippen LogP) is 2.01. The Kier molecular flexibility index (Phi) is 3.56. The van der Waals surface area contributed by atoms with Crippen molar-refractivity contribution in [2.24, 2.45) is 5.92 Å². The molecule has 3 atom stereocenters. The molecule has 3 nitrogen and oxygen atoms in total. The van der Waals surface area contributed by atoms with E-state index in [1.807, 2.05) is 0 Å². The molecule has 2 N–H and O–H groups in total. The minimum Gasteiger partial charge on any atom is -0.352 e. The number of amides is 1. The van der Waals surface area contributed by atoms with Crippen molar-refractivity contribution < 1.29 is 4.79 Å². The first-order chi connectivity index (χ1) is 9.22. The summed E-state index contributed by atoms with van der Waals surface area (Å²) in [6.07, 6.45) is 4.32. The molecule has 1 aliphatic heterocycles. The summed E-state index contributed by atoms with van der Waals surface area (Å²) in [6.45, 7) is 3.07. The molecule has 0 bridgehead atoms. The predicted molar refractivity (Wildman–Crippen MR) is 75.7 cm³/mol. The second kappa shape index (κ2) is 5.33. The average molecular weight is 258 g/mol. The Morgan fingerprint density at radius 1 is 1.26 bits per heavy atom. The third-order valence-corrected chi connectivity index (χ3v) is 4.44. The summed E-state index contributed by atoms with van der Waals surface area (Å²) in [7, 11) is 0. The number of nitrogens with one attached hydrogen (secondary N) is 2. The van der Waals surface area contributed by atoms with Gasteiger partial charge in [0.2, 0.25) is 5.91 Å². The van der Waals surface area contributed by atoms with Crippen molar-refractivity contribution in [3.63, 3.8) is 0 Å². The topological polar surface area (TPSA) is 41.1 Å². The second-order valence-electron chi connectivity index (χ2n) is 6.03. The van der Waals surface area contributed by atoms with Crippen LogP contribution in [-0.2, 0) is 17.8 Å². The van der Waals surface area contributed by atoms with E-state index < -0.39 is 0 Å². The van der Waals surface area contributed by atoms with Gasteiger partial charge in [0.25, 0.3) is 0 Å². The Morgan fingerprint density at radius 2 is 2.05 bits per heavy atom. The molecule has 3 heteroatoms. The second-order valence-corrected chi connectivity index (χ2v) is 6.03. The number of fused-ring (bicyclic) bond motifs is 1. The van der Waals surface area contributed by atoms with Gasteiger partial charge in [-0.1, -0.05) is 31.2 Å². The lowest BCUT2D eigenvalue weighted by atomic mass is 9.95. The third-order valence-electron chi connectivity index (χ3n) is 4.44. The van der Waals surface area contributed by atoms with Gasteiger partial charge < -0.3 is 10.6 Å². The molecule has 2 unspecified atom stereocenters. The molecule has 1 aliphatic carbocycles. The molecule has 0 saturated heterocycles. The summed E-state index contributed by atoms with van der Waals surface area (Å²) in [6, 6.07) is 8.70. The molecule has 0 spiro atoms. The summed E-state index contributed by atoms with van der Waals surface area (Å²) in [4.78, 5) is 12.3. The van der Waals surface area contributed by atoms with Crippen molar-refractivity contribution >= 4 is 5.91 Å². The number of carbonyl (C=O) groups excluding carboxylic acids is 1. The molecule has 1 heterocycles. The van der Waals surface area contributed by atoms with Crippen molar-refractivity contribution in [1.29, 1.82) is 0 Å². The molecular weight excluding hydrogens is 236 g/mol. The van der Waals surface area contributed by atoms with E-state index in [1.165, 1.54) is 17.5 Å². The van der Waals surface area contributed by atoms with Crippen LogP contribution in [0.3, 0.4) is 0 Å². The van der Waals surface area contributed by atoms with Gasteiger partial charge in [-0.3, -0.25) is 4.79 Å². The Morgan fingerprint density at radius 3 is 2.79 bits per heavy atom. The van der Waals surface area contributed by atoms with Crippen molar-refractivity contribution in [2.75, 3.05) is 0 Å². The fourth-order valence-electron chi connectivity index (χ4n) is 3.28. The van der Waals surface area contributed by atoms with Gasteiger partial charge in [0.15, 0.2) is 0 Å². The van der Waals surface area contributed by atoms with Gasteiger partial charge in [-0.2, -0.15) is 0 Å². The van der Waals surface area contributed by atoms with Gasteiger partial charge in [-0.15, -0.1) is 0 Å². The Labute approximate surface area is 114 Å². The van der Waals surface area contributed by atoms with Gasteiger partial charge in [-0.25, -0.2) is 0 Å². The first kappa shape index (κ1) is 12.7. The van der Waals surface area contributed by atoms with Gasteiger partial charge in [0.1, 0.15) is 0 Å². The van der Waals surface area contributed by atoms with Crippen LogP contribution in [0.2, 0.25) is 0 Å². The SMILES string of the molecule is CC1CCC(NC(=O)[C@H]2Cc3ccccc3CN2)C1. The first-order valence-electron chi connectivity index (χ1n) is 7.33. The quantitative estimate of drug-likeness (QED) is 0.852. The number of carbonyl (C=O) groups is 1. The Balaban J connectivity index is 1.60. The zero-order valence-corrected chi connectivity index (χ0v) is 11.5. The number of hydrogen-bond donors (Lipinski definition) is 2. The van der Waals surface area contributed by atoms with Crippen LogP contribution in [0.1, 0.15) is 37.3 Å². The first-order valence-corrected chi connectivity index (χ1v) is 7.33. The van der Waals surface area contributed by atoms with Crippen LogP contribution in [0.25, 0.3) is 0 Å². The zero-order chi connectivity index (χ0) is 13.2. The fourth-order valence-corrected chi connectivity index (χ4v) is 3.28. The minimum absolute atomic E-state index is 0.0641. The van der Waals surface area contributed by atoms with E-state index in [9.17, 15) is 4.79 Å². The van der Waals surface area contributed by atoms with E-state index in [4.69, 9.17) is 0 Å². The van der Waals surface area contributed by atoms with E-state index in [2.05, 4.69) is 41.8 Å². The molecule has 19 heavy (non-hydrogen) atoms. The van der Waals surface area contributed by atoms with Crippen LogP contribution in [0, 0.1) is 5.92 Å². The van der Waals surface area contributed by atoms with Crippen LogP contribution in [-0.4, -0.2) is 18.0 Å². The van der Waals surface area contributed by atoms with Crippen molar-refractivity contribution in [3.8, 4) is 0 Å². The van der Waals surface area contributed by atoms with E-state index >= 15 is 0 Å². The molecule has 1 amide bonds. The third kappa shape index (κ3) is 2.81. The van der Waals surface area contributed by atoms with Crippen LogP contribution < -0.4 is 10.6 Å². The molecule has 3 rings (SSSR count).